The Labute approximate surface area is 161 Å². The van der Waals surface area contributed by atoms with Crippen LogP contribution in [-0.2, 0) is 6.42 Å². The summed E-state index contributed by atoms with van der Waals surface area (Å²) in [4.78, 5) is 14.2. The lowest BCUT2D eigenvalue weighted by atomic mass is 9.94. The molecule has 136 valence electrons. The van der Waals surface area contributed by atoms with Gasteiger partial charge in [-0.2, -0.15) is 0 Å². The van der Waals surface area contributed by atoms with Gasteiger partial charge < -0.3 is 15.0 Å². The van der Waals surface area contributed by atoms with E-state index in [1.54, 1.807) is 19.2 Å². The first kappa shape index (κ1) is 18.5. The topological polar surface area (TPSA) is 80.2 Å². The highest BCUT2D eigenvalue weighted by Crippen LogP contribution is 2.38. The van der Waals surface area contributed by atoms with Crippen LogP contribution < -0.4 is 10.1 Å². The molecule has 0 saturated heterocycles. The smallest absolute Gasteiger partial charge is 0.269 e. The minimum atomic E-state index is -0.403. The number of benzene rings is 2. The number of methoxy groups -OCH3 is 1. The van der Waals surface area contributed by atoms with Crippen LogP contribution in [0, 0.1) is 10.1 Å². The summed E-state index contributed by atoms with van der Waals surface area (Å²) < 4.78 is 5.33. The Kier molecular flexibility index (Phi) is 5.09. The normalized spacial score (nSPS) is 16.0. The maximum Gasteiger partial charge on any atom is 0.269 e. The summed E-state index contributed by atoms with van der Waals surface area (Å²) in [7, 11) is 1.65. The maximum atomic E-state index is 11.1. The molecule has 0 saturated carbocycles. The number of nitrogens with zero attached hydrogens (tertiary/aromatic N) is 1. The Morgan fingerprint density at radius 1 is 1.27 bits per heavy atom. The van der Waals surface area contributed by atoms with E-state index in [-0.39, 0.29) is 24.1 Å². The monoisotopic (exact) mass is 393 g/mol. The van der Waals surface area contributed by atoms with E-state index in [4.69, 9.17) is 16.3 Å². The van der Waals surface area contributed by atoms with Gasteiger partial charge in [0.1, 0.15) is 5.75 Å². The second kappa shape index (κ2) is 7.15. The van der Waals surface area contributed by atoms with Gasteiger partial charge in [0.25, 0.3) is 5.69 Å². The van der Waals surface area contributed by atoms with Crippen LogP contribution in [0.1, 0.15) is 22.9 Å². The average molecular weight is 394 g/mol. The minimum absolute atomic E-state index is 0. The highest BCUT2D eigenvalue weighted by molar-refractivity contribution is 6.31. The molecule has 0 spiro atoms. The summed E-state index contributed by atoms with van der Waals surface area (Å²) in [5.41, 5.74) is 3.94. The fraction of sp³-hybridized carbons (Fsp3) is 0.222. The van der Waals surface area contributed by atoms with E-state index in [0.717, 1.165) is 35.3 Å². The number of nitrogens with one attached hydrogen (secondary N) is 2. The first-order valence-electron chi connectivity index (χ1n) is 7.94. The standard InChI is InChI=1S/C18H16ClN3O3.ClH/c1-25-11-3-5-16-13(9-11)12-6-7-20-17(18(12)21-16)14-8-10(22(23)24)2-4-15(14)19;/h2-5,8-9,17,20-21H,6-7H2,1H3;1H. The average Bonchev–Trinajstić information content (AvgIpc) is 2.99. The molecule has 1 atom stereocenters. The highest BCUT2D eigenvalue weighted by atomic mass is 35.5. The first-order valence-corrected chi connectivity index (χ1v) is 8.32. The van der Waals surface area contributed by atoms with Crippen LogP contribution in [0.15, 0.2) is 36.4 Å². The fourth-order valence-corrected chi connectivity index (χ4v) is 3.69. The molecule has 3 aromatic rings. The number of aromatic amines is 1. The van der Waals surface area contributed by atoms with Gasteiger partial charge in [-0.15, -0.1) is 12.4 Å². The van der Waals surface area contributed by atoms with E-state index in [1.807, 2.05) is 18.2 Å². The molecule has 1 aliphatic heterocycles. The van der Waals surface area contributed by atoms with Gasteiger partial charge in [-0.1, -0.05) is 11.6 Å². The predicted molar refractivity (Wildman–Crippen MR) is 104 cm³/mol. The zero-order chi connectivity index (χ0) is 17.6. The molecule has 8 heteroatoms. The van der Waals surface area contributed by atoms with Crippen molar-refractivity contribution in [1.82, 2.24) is 10.3 Å². The molecular weight excluding hydrogens is 377 g/mol. The van der Waals surface area contributed by atoms with E-state index in [0.29, 0.717) is 10.6 Å². The third-order valence-corrected chi connectivity index (χ3v) is 5.00. The Morgan fingerprint density at radius 3 is 2.81 bits per heavy atom. The summed E-state index contributed by atoms with van der Waals surface area (Å²) in [6.45, 7) is 0.765. The Bertz CT molecular complexity index is 987. The lowest BCUT2D eigenvalue weighted by Gasteiger charge is -2.25. The van der Waals surface area contributed by atoms with Gasteiger partial charge in [0, 0.05) is 45.9 Å². The van der Waals surface area contributed by atoms with Crippen LogP contribution in [0.4, 0.5) is 5.69 Å². The lowest BCUT2D eigenvalue weighted by Crippen LogP contribution is -2.30. The summed E-state index contributed by atoms with van der Waals surface area (Å²) in [5.74, 6) is 0.803. The molecule has 4 rings (SSSR count). The molecule has 1 aliphatic rings. The Balaban J connectivity index is 0.00000196. The molecule has 0 bridgehead atoms. The van der Waals surface area contributed by atoms with Crippen molar-refractivity contribution in [2.45, 2.75) is 12.5 Å². The van der Waals surface area contributed by atoms with Gasteiger partial charge in [0.05, 0.1) is 18.1 Å². The van der Waals surface area contributed by atoms with E-state index in [2.05, 4.69) is 10.3 Å². The molecule has 2 heterocycles. The highest BCUT2D eigenvalue weighted by Gasteiger charge is 2.28. The van der Waals surface area contributed by atoms with Crippen molar-refractivity contribution in [1.29, 1.82) is 0 Å². The Hall–Kier alpha value is -2.28. The predicted octanol–water partition coefficient (Wildman–Crippen LogP) is 4.40. The molecule has 1 unspecified atom stereocenters. The van der Waals surface area contributed by atoms with Gasteiger partial charge >= 0.3 is 0 Å². The number of rotatable bonds is 3. The quantitative estimate of drug-likeness (QED) is 0.510. The van der Waals surface area contributed by atoms with E-state index >= 15 is 0 Å². The second-order valence-corrected chi connectivity index (χ2v) is 6.44. The van der Waals surface area contributed by atoms with Crippen molar-refractivity contribution in [3.63, 3.8) is 0 Å². The van der Waals surface area contributed by atoms with E-state index in [1.165, 1.54) is 11.6 Å². The number of H-pyrrole nitrogens is 1. The molecule has 26 heavy (non-hydrogen) atoms. The molecule has 1 aromatic heterocycles. The van der Waals surface area contributed by atoms with Gasteiger partial charge in [0.15, 0.2) is 0 Å². The van der Waals surface area contributed by atoms with Crippen molar-refractivity contribution < 1.29 is 9.66 Å². The minimum Gasteiger partial charge on any atom is -0.497 e. The number of nitro groups is 1. The van der Waals surface area contributed by atoms with Crippen LogP contribution >= 0.6 is 24.0 Å². The van der Waals surface area contributed by atoms with Gasteiger partial charge in [-0.25, -0.2) is 0 Å². The van der Waals surface area contributed by atoms with Crippen molar-refractivity contribution >= 4 is 40.6 Å². The summed E-state index contributed by atoms with van der Waals surface area (Å²) in [6.07, 6.45) is 0.867. The van der Waals surface area contributed by atoms with Gasteiger partial charge in [0.2, 0.25) is 0 Å². The van der Waals surface area contributed by atoms with E-state index < -0.39 is 4.92 Å². The van der Waals surface area contributed by atoms with Crippen LogP contribution in [0.2, 0.25) is 5.02 Å². The number of aromatic nitrogens is 1. The van der Waals surface area contributed by atoms with Gasteiger partial charge in [-0.3, -0.25) is 10.1 Å². The van der Waals surface area contributed by atoms with Crippen molar-refractivity contribution in [2.24, 2.45) is 0 Å². The molecule has 0 aliphatic carbocycles. The van der Waals surface area contributed by atoms with Crippen LogP contribution in [0.5, 0.6) is 5.75 Å². The summed E-state index contributed by atoms with van der Waals surface area (Å²) in [6, 6.07) is 10.2. The fourth-order valence-electron chi connectivity index (χ4n) is 3.47. The number of hydrogen-bond acceptors (Lipinski definition) is 4. The number of halogens is 2. The molecule has 0 radical (unpaired) electrons. The maximum absolute atomic E-state index is 11.1. The number of ether oxygens (including phenoxy) is 1. The zero-order valence-corrected chi connectivity index (χ0v) is 15.5. The second-order valence-electron chi connectivity index (χ2n) is 6.03. The molecule has 0 fully saturated rings. The van der Waals surface area contributed by atoms with Crippen molar-refractivity contribution in [2.75, 3.05) is 13.7 Å². The van der Waals surface area contributed by atoms with Crippen LogP contribution in [0.25, 0.3) is 10.9 Å². The molecular formula is C18H17Cl2N3O3. The van der Waals surface area contributed by atoms with E-state index in [9.17, 15) is 10.1 Å². The zero-order valence-electron chi connectivity index (χ0n) is 13.9. The number of hydrogen-bond donors (Lipinski definition) is 2. The summed E-state index contributed by atoms with van der Waals surface area (Å²) >= 11 is 6.35. The molecule has 6 nitrogen and oxygen atoms in total. The summed E-state index contributed by atoms with van der Waals surface area (Å²) in [5, 5.41) is 16.2. The third kappa shape index (κ3) is 3.00. The van der Waals surface area contributed by atoms with Gasteiger partial charge in [-0.05, 0) is 36.2 Å². The van der Waals surface area contributed by atoms with Crippen LogP contribution in [-0.4, -0.2) is 23.6 Å². The van der Waals surface area contributed by atoms with Crippen molar-refractivity contribution in [3.8, 4) is 5.75 Å². The van der Waals surface area contributed by atoms with Crippen molar-refractivity contribution in [3.05, 3.63) is 68.4 Å². The molecule has 2 N–H and O–H groups in total. The van der Waals surface area contributed by atoms with Crippen LogP contribution in [0.3, 0.4) is 0 Å². The third-order valence-electron chi connectivity index (χ3n) is 4.66. The molecule has 0 amide bonds. The SMILES string of the molecule is COc1ccc2[nH]c3c(c2c1)CCNC3c1cc([N+](=O)[O-])ccc1Cl.Cl. The number of non-ortho nitro benzene ring substituents is 1. The Morgan fingerprint density at radius 2 is 2.08 bits per heavy atom. The first-order chi connectivity index (χ1) is 12.1. The number of fused-ring (bicyclic) bond motifs is 3. The molecule has 2 aromatic carbocycles. The lowest BCUT2D eigenvalue weighted by molar-refractivity contribution is -0.384. The number of nitro benzene ring substituents is 1. The largest absolute Gasteiger partial charge is 0.497 e.